The molecule has 0 heterocycles. The van der Waals surface area contributed by atoms with Gasteiger partial charge in [0.15, 0.2) is 11.6 Å². The Morgan fingerprint density at radius 2 is 0.533 bits per heavy atom. The maximum absolute atomic E-state index is 11.3. The number of Topliss-reactive ketones (excluding diaryl/α,β-unsaturated/α-hetero) is 2. The molecule has 11 nitrogen and oxygen atoms in total. The second-order valence-electron chi connectivity index (χ2n) is 12.0. The monoisotopic (exact) mass is 652 g/mol. The summed E-state index contributed by atoms with van der Waals surface area (Å²) in [5.41, 5.74) is 0. The number of ether oxygens (including phenoxy) is 9. The van der Waals surface area contributed by atoms with Crippen LogP contribution in [0, 0.1) is 23.7 Å². The Hall–Kier alpha value is -1.02. The van der Waals surface area contributed by atoms with Crippen LogP contribution in [0.2, 0.25) is 0 Å². The first-order chi connectivity index (χ1) is 21.6. The van der Waals surface area contributed by atoms with Crippen LogP contribution >= 0.6 is 0 Å². The van der Waals surface area contributed by atoms with E-state index in [2.05, 4.69) is 27.7 Å². The van der Waals surface area contributed by atoms with Crippen LogP contribution in [0.15, 0.2) is 0 Å². The molecule has 0 saturated carbocycles. The predicted molar refractivity (Wildman–Crippen MR) is 176 cm³/mol. The van der Waals surface area contributed by atoms with E-state index in [1.54, 1.807) is 0 Å². The Morgan fingerprint density at radius 3 is 0.733 bits per heavy atom. The summed E-state index contributed by atoms with van der Waals surface area (Å²) in [4.78, 5) is 22.5. The van der Waals surface area contributed by atoms with Crippen molar-refractivity contribution in [1.29, 1.82) is 0 Å². The minimum Gasteiger partial charge on any atom is -0.379 e. The molecule has 0 amide bonds. The van der Waals surface area contributed by atoms with E-state index in [0.717, 1.165) is 26.1 Å². The maximum Gasteiger partial charge on any atom is 0.160 e. The van der Waals surface area contributed by atoms with Gasteiger partial charge in [-0.3, -0.25) is 9.59 Å². The van der Waals surface area contributed by atoms with E-state index in [9.17, 15) is 9.59 Å². The van der Waals surface area contributed by atoms with E-state index in [4.69, 9.17) is 42.6 Å². The molecule has 270 valence electrons. The van der Waals surface area contributed by atoms with Crippen LogP contribution < -0.4 is 0 Å². The normalized spacial score (nSPS) is 11.6. The van der Waals surface area contributed by atoms with E-state index in [0.29, 0.717) is 104 Å². The van der Waals surface area contributed by atoms with E-state index in [1.165, 1.54) is 0 Å². The van der Waals surface area contributed by atoms with Gasteiger partial charge in [-0.25, -0.2) is 0 Å². The zero-order valence-corrected chi connectivity index (χ0v) is 29.9. The molecule has 0 aromatic rings. The Bertz CT molecular complexity index is 627. The van der Waals surface area contributed by atoms with Gasteiger partial charge in [0.25, 0.3) is 0 Å². The molecule has 0 aliphatic carbocycles. The minimum atomic E-state index is 0.0154. The van der Waals surface area contributed by atoms with E-state index < -0.39 is 0 Å². The average molecular weight is 653 g/mol. The lowest BCUT2D eigenvalue weighted by molar-refractivity contribution is -0.127. The zero-order valence-electron chi connectivity index (χ0n) is 29.9. The summed E-state index contributed by atoms with van der Waals surface area (Å²) in [5, 5.41) is 0. The molecule has 0 saturated heterocycles. The zero-order chi connectivity index (χ0) is 34.0. The van der Waals surface area contributed by atoms with Crippen LogP contribution in [0.1, 0.15) is 68.2 Å². The Labute approximate surface area is 274 Å². The molecule has 0 bridgehead atoms. The highest BCUT2D eigenvalue weighted by atomic mass is 16.6. The second kappa shape index (κ2) is 35.8. The summed E-state index contributed by atoms with van der Waals surface area (Å²) < 4.78 is 48.2. The highest BCUT2D eigenvalue weighted by molar-refractivity contribution is 5.81. The summed E-state index contributed by atoms with van der Waals surface area (Å²) in [6.45, 7) is 25.6. The number of carbonyl (C=O) groups excluding carboxylic acids is 2. The van der Waals surface area contributed by atoms with Gasteiger partial charge in [-0.1, -0.05) is 55.4 Å². The summed E-state index contributed by atoms with van der Waals surface area (Å²) in [6.07, 6.45) is 2.17. The van der Waals surface area contributed by atoms with Crippen LogP contribution in [0.25, 0.3) is 0 Å². The van der Waals surface area contributed by atoms with Crippen molar-refractivity contribution in [3.05, 3.63) is 0 Å². The quantitative estimate of drug-likeness (QED) is 0.0922. The van der Waals surface area contributed by atoms with Crippen molar-refractivity contribution in [2.75, 3.05) is 119 Å². The fourth-order valence-corrected chi connectivity index (χ4v) is 2.86. The van der Waals surface area contributed by atoms with Crippen molar-refractivity contribution < 1.29 is 52.2 Å². The Balaban J connectivity index is 0. The lowest BCUT2D eigenvalue weighted by atomic mass is 10.1. The molecule has 0 fully saturated rings. The fraction of sp³-hybridized carbons (Fsp3) is 0.941. The van der Waals surface area contributed by atoms with Crippen molar-refractivity contribution in [2.45, 2.75) is 68.2 Å². The van der Waals surface area contributed by atoms with Gasteiger partial charge in [0, 0.05) is 25.0 Å². The van der Waals surface area contributed by atoms with Crippen LogP contribution in [0.3, 0.4) is 0 Å². The molecule has 0 aromatic heterocycles. The number of ketones is 2. The molecule has 0 spiro atoms. The van der Waals surface area contributed by atoms with Crippen molar-refractivity contribution in [2.24, 2.45) is 23.7 Å². The summed E-state index contributed by atoms with van der Waals surface area (Å²) in [6, 6.07) is 0. The molecule has 0 unspecified atom stereocenters. The van der Waals surface area contributed by atoms with Gasteiger partial charge in [0.1, 0.15) is 13.2 Å². The van der Waals surface area contributed by atoms with E-state index in [1.807, 2.05) is 27.7 Å². The van der Waals surface area contributed by atoms with E-state index >= 15 is 0 Å². The standard InChI is InChI=1S/C20H40O7.C14H28O4/c1-18(2)5-6-22-7-8-23-9-10-24-11-12-25-13-14-26-15-16-27-17-20(21)19(3)4;1-12(2)5-6-16-7-8-17-9-10-18-11-14(15)13(3)4/h18-19H,5-17H2,1-4H3;12-13H,5-11H2,1-4H3. The molecule has 45 heavy (non-hydrogen) atoms. The van der Waals surface area contributed by atoms with Gasteiger partial charge in [-0.05, 0) is 24.7 Å². The smallest absolute Gasteiger partial charge is 0.160 e. The molecular weight excluding hydrogens is 584 g/mol. The fourth-order valence-electron chi connectivity index (χ4n) is 2.86. The van der Waals surface area contributed by atoms with Crippen LogP contribution in [-0.4, -0.2) is 130 Å². The number of hydrogen-bond donors (Lipinski definition) is 0. The van der Waals surface area contributed by atoms with Crippen LogP contribution in [0.4, 0.5) is 0 Å². The molecule has 11 heteroatoms. The average Bonchev–Trinajstić information content (AvgIpc) is 2.98. The first-order valence-corrected chi connectivity index (χ1v) is 16.8. The second-order valence-corrected chi connectivity index (χ2v) is 12.0. The topological polar surface area (TPSA) is 117 Å². The molecular formula is C34H68O11. The maximum atomic E-state index is 11.3. The lowest BCUT2D eigenvalue weighted by Crippen LogP contribution is -2.17. The van der Waals surface area contributed by atoms with Crippen molar-refractivity contribution in [3.63, 3.8) is 0 Å². The molecule has 0 aliphatic rings. The first-order valence-electron chi connectivity index (χ1n) is 16.8. The van der Waals surface area contributed by atoms with Gasteiger partial charge < -0.3 is 42.6 Å². The van der Waals surface area contributed by atoms with Crippen molar-refractivity contribution in [3.8, 4) is 0 Å². The molecule has 0 aromatic carbocycles. The number of rotatable bonds is 33. The van der Waals surface area contributed by atoms with Crippen molar-refractivity contribution >= 4 is 11.6 Å². The molecule has 0 atom stereocenters. The van der Waals surface area contributed by atoms with Gasteiger partial charge in [-0.2, -0.15) is 0 Å². The SMILES string of the molecule is CC(C)CCOCCOCCOCC(=O)C(C)C.CC(C)CCOCCOCCOCCOCCOCCOCC(=O)C(C)C. The summed E-state index contributed by atoms with van der Waals surface area (Å²) in [5.74, 6) is 1.65. The van der Waals surface area contributed by atoms with E-state index in [-0.39, 0.29) is 36.6 Å². The highest BCUT2D eigenvalue weighted by Crippen LogP contribution is 1.99. The number of carbonyl (C=O) groups is 2. The third-order valence-electron chi connectivity index (χ3n) is 6.06. The first kappa shape index (κ1) is 46.1. The van der Waals surface area contributed by atoms with Gasteiger partial charge in [-0.15, -0.1) is 0 Å². The molecule has 0 radical (unpaired) electrons. The highest BCUT2D eigenvalue weighted by Gasteiger charge is 2.07. The van der Waals surface area contributed by atoms with Crippen LogP contribution in [-0.2, 0) is 52.2 Å². The van der Waals surface area contributed by atoms with Gasteiger partial charge in [0.2, 0.25) is 0 Å². The van der Waals surface area contributed by atoms with Gasteiger partial charge >= 0.3 is 0 Å². The third-order valence-corrected chi connectivity index (χ3v) is 6.06. The molecule has 0 N–H and O–H groups in total. The largest absolute Gasteiger partial charge is 0.379 e. The summed E-state index contributed by atoms with van der Waals surface area (Å²) >= 11 is 0. The van der Waals surface area contributed by atoms with Crippen molar-refractivity contribution in [1.82, 2.24) is 0 Å². The predicted octanol–water partition coefficient (Wildman–Crippen LogP) is 4.66. The Kier molecular flexibility index (Phi) is 36.7. The Morgan fingerprint density at radius 1 is 0.333 bits per heavy atom. The molecule has 0 rings (SSSR count). The summed E-state index contributed by atoms with van der Waals surface area (Å²) in [7, 11) is 0. The lowest BCUT2D eigenvalue weighted by Gasteiger charge is -2.09. The molecule has 0 aliphatic heterocycles. The number of hydrogen-bond acceptors (Lipinski definition) is 11. The third kappa shape index (κ3) is 41.0. The van der Waals surface area contributed by atoms with Gasteiger partial charge in [0.05, 0.1) is 92.5 Å². The minimum absolute atomic E-state index is 0.0154. The van der Waals surface area contributed by atoms with Crippen LogP contribution in [0.5, 0.6) is 0 Å².